The van der Waals surface area contributed by atoms with Gasteiger partial charge in [-0.1, -0.05) is 103 Å². The van der Waals surface area contributed by atoms with E-state index in [1.54, 1.807) is 0 Å². The summed E-state index contributed by atoms with van der Waals surface area (Å²) >= 11 is 0. The van der Waals surface area contributed by atoms with E-state index in [0.29, 0.717) is 4.90 Å². The predicted octanol–water partition coefficient (Wildman–Crippen LogP) is 7.43. The molecule has 0 aliphatic heterocycles. The molecule has 0 aromatic heterocycles. The number of hydrogen-bond donors (Lipinski definition) is 1. The maximum absolute atomic E-state index is 12.2. The molecule has 4 heteroatoms. The summed E-state index contributed by atoms with van der Waals surface area (Å²) in [6, 6.07) is 5.83. The number of phenolic OH excluding ortho intramolecular Hbond substituents is 1. The van der Waals surface area contributed by atoms with E-state index < -0.39 is 9.84 Å². The van der Waals surface area contributed by atoms with Crippen LogP contribution in [-0.4, -0.2) is 19.3 Å². The van der Waals surface area contributed by atoms with Gasteiger partial charge in [0.05, 0.1) is 10.6 Å². The van der Waals surface area contributed by atoms with Gasteiger partial charge in [0.25, 0.3) is 0 Å². The van der Waals surface area contributed by atoms with Crippen LogP contribution in [-0.2, 0) is 9.84 Å². The molecule has 0 atom stereocenters. The minimum Gasteiger partial charge on any atom is -0.508 e. The van der Waals surface area contributed by atoms with Crippen molar-refractivity contribution in [2.24, 2.45) is 0 Å². The second-order valence-corrected chi connectivity index (χ2v) is 10.2. The van der Waals surface area contributed by atoms with E-state index in [2.05, 4.69) is 6.92 Å². The Morgan fingerprint density at radius 1 is 0.607 bits per heavy atom. The monoisotopic (exact) mass is 410 g/mol. The third-order valence-corrected chi connectivity index (χ3v) is 7.28. The SMILES string of the molecule is CCCCCCCCCCCCCCCCCCS(=O)(=O)c1ccc(O)cc1. The summed E-state index contributed by atoms with van der Waals surface area (Å²) in [6.07, 6.45) is 20.6. The van der Waals surface area contributed by atoms with Crippen molar-refractivity contribution in [1.82, 2.24) is 0 Å². The Morgan fingerprint density at radius 3 is 1.36 bits per heavy atom. The van der Waals surface area contributed by atoms with Crippen molar-refractivity contribution in [3.05, 3.63) is 24.3 Å². The lowest BCUT2D eigenvalue weighted by molar-refractivity contribution is 0.475. The highest BCUT2D eigenvalue weighted by Gasteiger charge is 2.13. The lowest BCUT2D eigenvalue weighted by atomic mass is 10.0. The highest BCUT2D eigenvalue weighted by molar-refractivity contribution is 7.91. The van der Waals surface area contributed by atoms with Crippen LogP contribution in [0.2, 0.25) is 0 Å². The van der Waals surface area contributed by atoms with Crippen LogP contribution in [0.15, 0.2) is 29.2 Å². The van der Waals surface area contributed by atoms with Crippen molar-refractivity contribution < 1.29 is 13.5 Å². The number of aromatic hydroxyl groups is 1. The van der Waals surface area contributed by atoms with E-state index in [4.69, 9.17) is 0 Å². The summed E-state index contributed by atoms with van der Waals surface area (Å²) < 4.78 is 24.4. The lowest BCUT2D eigenvalue weighted by Crippen LogP contribution is -2.06. The van der Waals surface area contributed by atoms with Crippen LogP contribution in [0.1, 0.15) is 110 Å². The molecule has 0 amide bonds. The Balaban J connectivity index is 1.88. The molecule has 0 bridgehead atoms. The molecule has 0 unspecified atom stereocenters. The predicted molar refractivity (Wildman–Crippen MR) is 120 cm³/mol. The molecule has 0 spiro atoms. The lowest BCUT2D eigenvalue weighted by Gasteiger charge is -2.05. The zero-order valence-corrected chi connectivity index (χ0v) is 18.8. The van der Waals surface area contributed by atoms with E-state index in [1.807, 2.05) is 0 Å². The first-order valence-electron chi connectivity index (χ1n) is 11.6. The molecular weight excluding hydrogens is 368 g/mol. The molecule has 1 rings (SSSR count). The van der Waals surface area contributed by atoms with Crippen LogP contribution in [0.25, 0.3) is 0 Å². The fraction of sp³-hybridized carbons (Fsp3) is 0.750. The molecule has 0 fully saturated rings. The van der Waals surface area contributed by atoms with Crippen LogP contribution in [0.3, 0.4) is 0 Å². The van der Waals surface area contributed by atoms with Crippen molar-refractivity contribution in [1.29, 1.82) is 0 Å². The number of benzene rings is 1. The average Bonchev–Trinajstić information content (AvgIpc) is 2.68. The molecule has 0 heterocycles. The first-order valence-corrected chi connectivity index (χ1v) is 13.2. The first kappa shape index (κ1) is 25.0. The van der Waals surface area contributed by atoms with E-state index in [1.165, 1.54) is 108 Å². The Kier molecular flexibility index (Phi) is 14.1. The molecule has 1 aromatic rings. The molecule has 162 valence electrons. The second-order valence-electron chi connectivity index (χ2n) is 8.12. The smallest absolute Gasteiger partial charge is 0.178 e. The summed E-state index contributed by atoms with van der Waals surface area (Å²) in [5.41, 5.74) is 0. The van der Waals surface area contributed by atoms with Crippen molar-refractivity contribution >= 4 is 9.84 Å². The quantitative estimate of drug-likeness (QED) is 0.256. The molecule has 0 aliphatic rings. The summed E-state index contributed by atoms with van der Waals surface area (Å²) in [4.78, 5) is 0.311. The third kappa shape index (κ3) is 12.4. The minimum absolute atomic E-state index is 0.0985. The average molecular weight is 411 g/mol. The van der Waals surface area contributed by atoms with Crippen LogP contribution >= 0.6 is 0 Å². The van der Waals surface area contributed by atoms with E-state index in [0.717, 1.165) is 19.3 Å². The Hall–Kier alpha value is -1.03. The zero-order valence-electron chi connectivity index (χ0n) is 18.0. The maximum Gasteiger partial charge on any atom is 0.178 e. The Morgan fingerprint density at radius 2 is 0.964 bits per heavy atom. The van der Waals surface area contributed by atoms with Gasteiger partial charge in [-0.2, -0.15) is 0 Å². The van der Waals surface area contributed by atoms with Gasteiger partial charge in [-0.25, -0.2) is 8.42 Å². The van der Waals surface area contributed by atoms with Gasteiger partial charge in [-0.05, 0) is 30.7 Å². The Labute approximate surface area is 173 Å². The summed E-state index contributed by atoms with van der Waals surface area (Å²) in [6.45, 7) is 2.27. The molecule has 0 saturated heterocycles. The number of rotatable bonds is 18. The standard InChI is InChI=1S/C24H42O3S/c1-2-3-4-5-6-7-8-9-10-11-12-13-14-15-16-17-22-28(26,27)24-20-18-23(25)19-21-24/h18-21,25H,2-17,22H2,1H3. The zero-order chi connectivity index (χ0) is 20.5. The van der Waals surface area contributed by atoms with Crippen LogP contribution < -0.4 is 0 Å². The molecule has 0 radical (unpaired) electrons. The molecule has 0 aliphatic carbocycles. The van der Waals surface area contributed by atoms with Gasteiger partial charge in [0, 0.05) is 0 Å². The van der Waals surface area contributed by atoms with E-state index in [-0.39, 0.29) is 11.5 Å². The highest BCUT2D eigenvalue weighted by Crippen LogP contribution is 2.18. The summed E-state index contributed by atoms with van der Waals surface area (Å²) in [5, 5.41) is 9.25. The third-order valence-electron chi connectivity index (χ3n) is 5.46. The minimum atomic E-state index is -3.21. The van der Waals surface area contributed by atoms with Gasteiger partial charge in [0.15, 0.2) is 9.84 Å². The molecule has 1 aromatic carbocycles. The van der Waals surface area contributed by atoms with Gasteiger partial charge >= 0.3 is 0 Å². The Bertz CT molecular complexity index is 578. The van der Waals surface area contributed by atoms with E-state index in [9.17, 15) is 13.5 Å². The molecule has 0 saturated carbocycles. The van der Waals surface area contributed by atoms with Crippen molar-refractivity contribution in [3.8, 4) is 5.75 Å². The summed E-state index contributed by atoms with van der Waals surface area (Å²) in [7, 11) is -3.21. The number of sulfone groups is 1. The molecule has 28 heavy (non-hydrogen) atoms. The second kappa shape index (κ2) is 15.8. The fourth-order valence-corrected chi connectivity index (χ4v) is 4.98. The number of phenols is 1. The van der Waals surface area contributed by atoms with Gasteiger partial charge in [-0.3, -0.25) is 0 Å². The van der Waals surface area contributed by atoms with Gasteiger partial charge in [0.1, 0.15) is 5.75 Å². The number of hydrogen-bond acceptors (Lipinski definition) is 3. The van der Waals surface area contributed by atoms with Crippen LogP contribution in [0.4, 0.5) is 0 Å². The van der Waals surface area contributed by atoms with Gasteiger partial charge in [0.2, 0.25) is 0 Å². The molecule has 1 N–H and O–H groups in total. The van der Waals surface area contributed by atoms with Crippen molar-refractivity contribution in [2.75, 3.05) is 5.75 Å². The van der Waals surface area contributed by atoms with Gasteiger partial charge in [-0.15, -0.1) is 0 Å². The normalized spacial score (nSPS) is 11.8. The van der Waals surface area contributed by atoms with Gasteiger partial charge < -0.3 is 5.11 Å². The van der Waals surface area contributed by atoms with E-state index >= 15 is 0 Å². The fourth-order valence-electron chi connectivity index (χ4n) is 3.61. The summed E-state index contributed by atoms with van der Waals surface area (Å²) in [5.74, 6) is 0.303. The topological polar surface area (TPSA) is 54.4 Å². The maximum atomic E-state index is 12.2. The largest absolute Gasteiger partial charge is 0.508 e. The first-order chi connectivity index (χ1) is 13.6. The van der Waals surface area contributed by atoms with Crippen molar-refractivity contribution in [3.63, 3.8) is 0 Å². The van der Waals surface area contributed by atoms with Crippen LogP contribution in [0, 0.1) is 0 Å². The molecule has 3 nitrogen and oxygen atoms in total. The number of unbranched alkanes of at least 4 members (excludes halogenated alkanes) is 15. The van der Waals surface area contributed by atoms with Crippen molar-refractivity contribution in [2.45, 2.75) is 115 Å². The van der Waals surface area contributed by atoms with Crippen LogP contribution in [0.5, 0.6) is 5.75 Å². The highest BCUT2D eigenvalue weighted by atomic mass is 32.2. The molecular formula is C24H42O3S.